The molecule has 4 heteroatoms. The first-order chi connectivity index (χ1) is 7.58. The Kier molecular flexibility index (Phi) is 2.83. The van der Waals surface area contributed by atoms with Crippen molar-refractivity contribution in [1.29, 1.82) is 0 Å². The number of aliphatic hydroxyl groups excluding tert-OH is 1. The Hall–Kier alpha value is -1.55. The fourth-order valence-corrected chi connectivity index (χ4v) is 1.65. The van der Waals surface area contributed by atoms with Gasteiger partial charge in [-0.25, -0.2) is 0 Å². The third-order valence-electron chi connectivity index (χ3n) is 2.86. The van der Waals surface area contributed by atoms with Crippen LogP contribution in [0.25, 0.3) is 0 Å². The molecule has 2 rings (SSSR count). The van der Waals surface area contributed by atoms with Crippen molar-refractivity contribution in [2.45, 2.75) is 26.1 Å². The van der Waals surface area contributed by atoms with Crippen LogP contribution in [0.4, 0.5) is 0 Å². The number of nitrogens with one attached hydrogen (secondary N) is 1. The predicted octanol–water partition coefficient (Wildman–Crippen LogP) is 0.542. The van der Waals surface area contributed by atoms with Gasteiger partial charge in [0.25, 0.3) is 5.91 Å². The Balaban J connectivity index is 2.09. The summed E-state index contributed by atoms with van der Waals surface area (Å²) in [5.41, 5.74) is 2.32. The molecule has 0 spiro atoms. The van der Waals surface area contributed by atoms with Crippen LogP contribution in [0.2, 0.25) is 0 Å². The zero-order valence-corrected chi connectivity index (χ0v) is 9.36. The molecule has 1 aromatic rings. The predicted molar refractivity (Wildman–Crippen MR) is 59.3 cm³/mol. The van der Waals surface area contributed by atoms with E-state index >= 15 is 0 Å². The quantitative estimate of drug-likeness (QED) is 0.766. The average molecular weight is 221 g/mol. The van der Waals surface area contributed by atoms with E-state index in [1.165, 1.54) is 5.56 Å². The van der Waals surface area contributed by atoms with Gasteiger partial charge in [-0.05, 0) is 37.1 Å². The van der Waals surface area contributed by atoms with Gasteiger partial charge in [-0.3, -0.25) is 4.79 Å². The Morgan fingerprint density at radius 1 is 1.38 bits per heavy atom. The van der Waals surface area contributed by atoms with E-state index in [9.17, 15) is 9.90 Å². The van der Waals surface area contributed by atoms with E-state index < -0.39 is 12.2 Å². The summed E-state index contributed by atoms with van der Waals surface area (Å²) in [7, 11) is 0. The number of aryl methyl sites for hydroxylation is 2. The van der Waals surface area contributed by atoms with Gasteiger partial charge < -0.3 is 15.2 Å². The highest BCUT2D eigenvalue weighted by molar-refractivity contribution is 5.83. The zero-order valence-electron chi connectivity index (χ0n) is 9.36. The minimum absolute atomic E-state index is 0.354. The van der Waals surface area contributed by atoms with Gasteiger partial charge in [0.15, 0.2) is 12.2 Å². The lowest BCUT2D eigenvalue weighted by molar-refractivity contribution is -0.127. The molecule has 2 atom stereocenters. The Labute approximate surface area is 94.2 Å². The van der Waals surface area contributed by atoms with E-state index in [0.29, 0.717) is 12.3 Å². The standard InChI is InChI=1S/C12H15NO3/c1-7-3-4-9(5-8(7)2)16-10-6-13-12(15)11(10)14/h3-5,10-11,14H,6H2,1-2H3,(H,13,15). The number of amides is 1. The molecule has 1 aliphatic rings. The lowest BCUT2D eigenvalue weighted by Gasteiger charge is -2.15. The van der Waals surface area contributed by atoms with Gasteiger partial charge in [-0.2, -0.15) is 0 Å². The molecule has 1 heterocycles. The topological polar surface area (TPSA) is 58.6 Å². The first-order valence-corrected chi connectivity index (χ1v) is 5.27. The van der Waals surface area contributed by atoms with Gasteiger partial charge >= 0.3 is 0 Å². The summed E-state index contributed by atoms with van der Waals surface area (Å²) in [6, 6.07) is 5.71. The third-order valence-corrected chi connectivity index (χ3v) is 2.86. The molecular weight excluding hydrogens is 206 g/mol. The maximum absolute atomic E-state index is 11.1. The first-order valence-electron chi connectivity index (χ1n) is 5.27. The second-order valence-corrected chi connectivity index (χ2v) is 4.09. The van der Waals surface area contributed by atoms with Crippen molar-refractivity contribution in [3.63, 3.8) is 0 Å². The van der Waals surface area contributed by atoms with E-state index in [4.69, 9.17) is 4.74 Å². The number of hydrogen-bond donors (Lipinski definition) is 2. The molecule has 16 heavy (non-hydrogen) atoms. The van der Waals surface area contributed by atoms with Crippen LogP contribution in [0.15, 0.2) is 18.2 Å². The van der Waals surface area contributed by atoms with Crippen LogP contribution < -0.4 is 10.1 Å². The number of carbonyl (C=O) groups is 1. The van der Waals surface area contributed by atoms with Gasteiger partial charge in [0.1, 0.15) is 5.75 Å². The number of rotatable bonds is 2. The molecule has 2 unspecified atom stereocenters. The molecule has 1 amide bonds. The fraction of sp³-hybridized carbons (Fsp3) is 0.417. The molecule has 0 bridgehead atoms. The maximum atomic E-state index is 11.1. The lowest BCUT2D eigenvalue weighted by atomic mass is 10.1. The van der Waals surface area contributed by atoms with Gasteiger partial charge in [0.2, 0.25) is 0 Å². The van der Waals surface area contributed by atoms with Crippen LogP contribution in [-0.4, -0.2) is 29.8 Å². The third kappa shape index (κ3) is 2.02. The Morgan fingerprint density at radius 3 is 2.69 bits per heavy atom. The van der Waals surface area contributed by atoms with E-state index in [2.05, 4.69) is 5.32 Å². The normalized spacial score (nSPS) is 24.3. The van der Waals surface area contributed by atoms with Gasteiger partial charge in [0, 0.05) is 0 Å². The first kappa shape index (κ1) is 11.0. The van der Waals surface area contributed by atoms with Gasteiger partial charge in [-0.1, -0.05) is 6.07 Å². The maximum Gasteiger partial charge on any atom is 0.252 e. The molecule has 0 aromatic heterocycles. The monoisotopic (exact) mass is 221 g/mol. The summed E-state index contributed by atoms with van der Waals surface area (Å²) in [5.74, 6) is 0.317. The molecule has 0 saturated carbocycles. The van der Waals surface area contributed by atoms with Crippen molar-refractivity contribution in [2.24, 2.45) is 0 Å². The van der Waals surface area contributed by atoms with Crippen LogP contribution in [0, 0.1) is 13.8 Å². The number of carbonyl (C=O) groups excluding carboxylic acids is 1. The molecule has 4 nitrogen and oxygen atoms in total. The van der Waals surface area contributed by atoms with Gasteiger partial charge in [-0.15, -0.1) is 0 Å². The highest BCUT2D eigenvalue weighted by atomic mass is 16.5. The van der Waals surface area contributed by atoms with E-state index in [1.54, 1.807) is 0 Å². The highest BCUT2D eigenvalue weighted by Crippen LogP contribution is 2.19. The highest BCUT2D eigenvalue weighted by Gasteiger charge is 2.34. The number of hydrogen-bond acceptors (Lipinski definition) is 3. The summed E-state index contributed by atoms with van der Waals surface area (Å²) in [6.45, 7) is 4.37. The second kappa shape index (κ2) is 4.14. The Morgan fingerprint density at radius 2 is 2.12 bits per heavy atom. The SMILES string of the molecule is Cc1ccc(OC2CNC(=O)C2O)cc1C. The van der Waals surface area contributed by atoms with Crippen molar-refractivity contribution in [3.8, 4) is 5.75 Å². The smallest absolute Gasteiger partial charge is 0.252 e. The van der Waals surface area contributed by atoms with Crippen LogP contribution in [0.3, 0.4) is 0 Å². The average Bonchev–Trinajstić information content (AvgIpc) is 2.55. The summed E-state index contributed by atoms with van der Waals surface area (Å²) >= 11 is 0. The van der Waals surface area contributed by atoms with Crippen molar-refractivity contribution < 1.29 is 14.6 Å². The molecule has 1 aromatic carbocycles. The summed E-state index contributed by atoms with van der Waals surface area (Å²) < 4.78 is 5.56. The summed E-state index contributed by atoms with van der Waals surface area (Å²) in [6.07, 6.45) is -1.56. The molecule has 86 valence electrons. The van der Waals surface area contributed by atoms with E-state index in [-0.39, 0.29) is 5.91 Å². The van der Waals surface area contributed by atoms with Gasteiger partial charge in [0.05, 0.1) is 6.54 Å². The van der Waals surface area contributed by atoms with E-state index in [1.807, 2.05) is 32.0 Å². The Bertz CT molecular complexity index is 417. The zero-order chi connectivity index (χ0) is 11.7. The van der Waals surface area contributed by atoms with Crippen molar-refractivity contribution in [1.82, 2.24) is 5.32 Å². The van der Waals surface area contributed by atoms with Crippen molar-refractivity contribution in [3.05, 3.63) is 29.3 Å². The number of ether oxygens (including phenoxy) is 1. The summed E-state index contributed by atoms with van der Waals surface area (Å²) in [4.78, 5) is 11.1. The van der Waals surface area contributed by atoms with E-state index in [0.717, 1.165) is 5.56 Å². The molecule has 2 N–H and O–H groups in total. The largest absolute Gasteiger partial charge is 0.485 e. The van der Waals surface area contributed by atoms with Crippen molar-refractivity contribution >= 4 is 5.91 Å². The number of benzene rings is 1. The molecule has 0 radical (unpaired) electrons. The fourth-order valence-electron chi connectivity index (χ4n) is 1.65. The molecule has 1 fully saturated rings. The van der Waals surface area contributed by atoms with Crippen LogP contribution in [-0.2, 0) is 4.79 Å². The molecular formula is C12H15NO3. The number of aliphatic hydroxyl groups is 1. The van der Waals surface area contributed by atoms with Crippen LogP contribution >= 0.6 is 0 Å². The summed E-state index contributed by atoms with van der Waals surface area (Å²) in [5, 5.41) is 12.1. The molecule has 1 saturated heterocycles. The molecule has 0 aliphatic carbocycles. The lowest BCUT2D eigenvalue weighted by Crippen LogP contribution is -2.32. The molecule has 1 aliphatic heterocycles. The van der Waals surface area contributed by atoms with Crippen LogP contribution in [0.5, 0.6) is 5.75 Å². The minimum atomic E-state index is -1.07. The van der Waals surface area contributed by atoms with Crippen LogP contribution in [0.1, 0.15) is 11.1 Å². The second-order valence-electron chi connectivity index (χ2n) is 4.09. The van der Waals surface area contributed by atoms with Crippen molar-refractivity contribution in [2.75, 3.05) is 6.54 Å². The minimum Gasteiger partial charge on any atom is -0.485 e.